The second kappa shape index (κ2) is 5.99. The van der Waals surface area contributed by atoms with E-state index in [1.165, 1.54) is 0 Å². The van der Waals surface area contributed by atoms with E-state index in [2.05, 4.69) is 0 Å². The third kappa shape index (κ3) is 2.64. The van der Waals surface area contributed by atoms with Crippen LogP contribution < -0.4 is 14.2 Å². The summed E-state index contributed by atoms with van der Waals surface area (Å²) in [6.45, 7) is 1.97. The van der Waals surface area contributed by atoms with Crippen LogP contribution in [-0.4, -0.2) is 27.1 Å². The van der Waals surface area contributed by atoms with Gasteiger partial charge in [0.05, 0.1) is 21.3 Å². The van der Waals surface area contributed by atoms with Crippen molar-refractivity contribution in [3.05, 3.63) is 23.3 Å². The lowest BCUT2D eigenvalue weighted by Crippen LogP contribution is -2.02. The Labute approximate surface area is 119 Å². The average molecular weight is 276 g/mol. The predicted molar refractivity (Wildman–Crippen MR) is 77.5 cm³/mol. The maximum Gasteiger partial charge on any atom is 0.203 e. The molecule has 0 saturated heterocycles. The highest BCUT2D eigenvalue weighted by Crippen LogP contribution is 2.39. The number of methoxy groups -OCH3 is 3. The zero-order valence-corrected chi connectivity index (χ0v) is 12.4. The summed E-state index contributed by atoms with van der Waals surface area (Å²) in [5.41, 5.74) is 1.75. The number of hydrogen-bond acceptors (Lipinski definition) is 4. The van der Waals surface area contributed by atoms with Crippen molar-refractivity contribution < 1.29 is 19.0 Å². The number of hydrogen-bond donors (Lipinski definition) is 0. The van der Waals surface area contributed by atoms with E-state index in [4.69, 9.17) is 14.2 Å². The van der Waals surface area contributed by atoms with Crippen LogP contribution in [0.15, 0.2) is 17.7 Å². The van der Waals surface area contributed by atoms with Crippen LogP contribution in [-0.2, 0) is 4.79 Å². The Balaban J connectivity index is 2.43. The van der Waals surface area contributed by atoms with E-state index >= 15 is 0 Å². The summed E-state index contributed by atoms with van der Waals surface area (Å²) in [5, 5.41) is 0. The number of carbonyl (C=O) groups is 1. The van der Waals surface area contributed by atoms with Crippen LogP contribution >= 0.6 is 0 Å². The van der Waals surface area contributed by atoms with Gasteiger partial charge in [-0.05, 0) is 42.2 Å². The van der Waals surface area contributed by atoms with E-state index in [1.54, 1.807) is 21.3 Å². The van der Waals surface area contributed by atoms with Crippen LogP contribution in [0.1, 0.15) is 25.3 Å². The first-order valence-corrected chi connectivity index (χ1v) is 6.65. The average Bonchev–Trinajstić information content (AvgIpc) is 2.78. The molecule has 4 heteroatoms. The van der Waals surface area contributed by atoms with Gasteiger partial charge in [-0.1, -0.05) is 6.92 Å². The quantitative estimate of drug-likeness (QED) is 0.793. The van der Waals surface area contributed by atoms with Crippen molar-refractivity contribution in [2.75, 3.05) is 21.3 Å². The molecule has 0 amide bonds. The third-order valence-corrected chi connectivity index (χ3v) is 3.64. The summed E-state index contributed by atoms with van der Waals surface area (Å²) in [7, 11) is 4.73. The maximum absolute atomic E-state index is 12.0. The van der Waals surface area contributed by atoms with Gasteiger partial charge in [0.15, 0.2) is 17.3 Å². The summed E-state index contributed by atoms with van der Waals surface area (Å²) >= 11 is 0. The lowest BCUT2D eigenvalue weighted by molar-refractivity contribution is -0.117. The summed E-state index contributed by atoms with van der Waals surface area (Å²) < 4.78 is 15.9. The van der Waals surface area contributed by atoms with Gasteiger partial charge < -0.3 is 14.2 Å². The first-order valence-electron chi connectivity index (χ1n) is 6.65. The van der Waals surface area contributed by atoms with Gasteiger partial charge >= 0.3 is 0 Å². The number of carbonyl (C=O) groups excluding carboxylic acids is 1. The molecule has 1 aliphatic carbocycles. The third-order valence-electron chi connectivity index (χ3n) is 3.64. The molecule has 1 fully saturated rings. The molecule has 2 rings (SSSR count). The molecule has 0 aromatic heterocycles. The number of ether oxygens (including phenoxy) is 3. The molecule has 1 unspecified atom stereocenters. The molecule has 1 aromatic rings. The molecule has 4 nitrogen and oxygen atoms in total. The van der Waals surface area contributed by atoms with Crippen LogP contribution in [0.2, 0.25) is 0 Å². The number of allylic oxidation sites excluding steroid dienone is 1. The fourth-order valence-corrected chi connectivity index (χ4v) is 2.47. The molecule has 0 aliphatic heterocycles. The van der Waals surface area contributed by atoms with Gasteiger partial charge in [0.1, 0.15) is 0 Å². The van der Waals surface area contributed by atoms with E-state index < -0.39 is 0 Å². The van der Waals surface area contributed by atoms with Crippen molar-refractivity contribution in [3.8, 4) is 17.2 Å². The number of Topliss-reactive ketones (excluding diaryl/α,β-unsaturated/α-hetero) is 1. The van der Waals surface area contributed by atoms with E-state index in [-0.39, 0.29) is 11.7 Å². The van der Waals surface area contributed by atoms with Crippen molar-refractivity contribution in [2.24, 2.45) is 5.92 Å². The van der Waals surface area contributed by atoms with Gasteiger partial charge in [0, 0.05) is 5.92 Å². The highest BCUT2D eigenvalue weighted by atomic mass is 16.5. The summed E-state index contributed by atoms with van der Waals surface area (Å²) in [4.78, 5) is 12.0. The normalized spacial score (nSPS) is 20.3. The van der Waals surface area contributed by atoms with E-state index in [0.717, 1.165) is 24.0 Å². The minimum Gasteiger partial charge on any atom is -0.493 e. The first-order chi connectivity index (χ1) is 9.60. The smallest absolute Gasteiger partial charge is 0.203 e. The van der Waals surface area contributed by atoms with Crippen LogP contribution in [0, 0.1) is 5.92 Å². The van der Waals surface area contributed by atoms with Crippen LogP contribution in [0.3, 0.4) is 0 Å². The summed E-state index contributed by atoms with van der Waals surface area (Å²) in [6.07, 6.45) is 3.67. The van der Waals surface area contributed by atoms with Gasteiger partial charge in [0.2, 0.25) is 5.75 Å². The molecule has 108 valence electrons. The Morgan fingerprint density at radius 1 is 1.10 bits per heavy atom. The SMILES string of the molecule is COc1cc(/C=C2\CCC(C)C2=O)cc(OC)c1OC. The standard InChI is InChI=1S/C16H20O4/c1-10-5-6-12(15(10)17)7-11-8-13(18-2)16(20-4)14(9-11)19-3/h7-10H,5-6H2,1-4H3/b12-7+. The minimum atomic E-state index is 0.128. The fourth-order valence-electron chi connectivity index (χ4n) is 2.47. The maximum atomic E-state index is 12.0. The molecule has 1 atom stereocenters. The zero-order chi connectivity index (χ0) is 14.7. The van der Waals surface area contributed by atoms with Gasteiger partial charge in [-0.3, -0.25) is 4.79 Å². The first kappa shape index (κ1) is 14.4. The Kier molecular flexibility index (Phi) is 4.32. The summed E-state index contributed by atoms with van der Waals surface area (Å²) in [6, 6.07) is 3.70. The predicted octanol–water partition coefficient (Wildman–Crippen LogP) is 3.09. The Morgan fingerprint density at radius 3 is 2.10 bits per heavy atom. The fraction of sp³-hybridized carbons (Fsp3) is 0.438. The Hall–Kier alpha value is -1.97. The van der Waals surface area contributed by atoms with E-state index in [9.17, 15) is 4.79 Å². The van der Waals surface area contributed by atoms with Crippen molar-refractivity contribution >= 4 is 11.9 Å². The summed E-state index contributed by atoms with van der Waals surface area (Å²) in [5.74, 6) is 2.11. The molecule has 0 radical (unpaired) electrons. The van der Waals surface area contributed by atoms with Gasteiger partial charge in [-0.25, -0.2) is 0 Å². The second-order valence-corrected chi connectivity index (χ2v) is 4.93. The molecule has 0 heterocycles. The highest BCUT2D eigenvalue weighted by molar-refractivity contribution is 6.02. The lowest BCUT2D eigenvalue weighted by atomic mass is 10.1. The van der Waals surface area contributed by atoms with E-state index in [0.29, 0.717) is 17.2 Å². The van der Waals surface area contributed by atoms with E-state index in [1.807, 2.05) is 25.1 Å². The molecular weight excluding hydrogens is 256 g/mol. The molecule has 0 spiro atoms. The molecule has 1 saturated carbocycles. The van der Waals surface area contributed by atoms with Crippen LogP contribution in [0.25, 0.3) is 6.08 Å². The van der Waals surface area contributed by atoms with Gasteiger partial charge in [0.25, 0.3) is 0 Å². The van der Waals surface area contributed by atoms with Gasteiger partial charge in [-0.2, -0.15) is 0 Å². The highest BCUT2D eigenvalue weighted by Gasteiger charge is 2.25. The van der Waals surface area contributed by atoms with Crippen molar-refractivity contribution in [1.82, 2.24) is 0 Å². The molecule has 1 aromatic carbocycles. The monoisotopic (exact) mass is 276 g/mol. The molecule has 20 heavy (non-hydrogen) atoms. The van der Waals surface area contributed by atoms with Crippen molar-refractivity contribution in [2.45, 2.75) is 19.8 Å². The molecular formula is C16H20O4. The van der Waals surface area contributed by atoms with Crippen LogP contribution in [0.5, 0.6) is 17.2 Å². The molecule has 0 N–H and O–H groups in total. The van der Waals surface area contributed by atoms with Gasteiger partial charge in [-0.15, -0.1) is 0 Å². The minimum absolute atomic E-state index is 0.128. The van der Waals surface area contributed by atoms with Crippen LogP contribution in [0.4, 0.5) is 0 Å². The van der Waals surface area contributed by atoms with Crippen molar-refractivity contribution in [3.63, 3.8) is 0 Å². The van der Waals surface area contributed by atoms with Crippen molar-refractivity contribution in [1.29, 1.82) is 0 Å². The lowest BCUT2D eigenvalue weighted by Gasteiger charge is -2.13. The number of rotatable bonds is 4. The molecule has 1 aliphatic rings. The number of benzene rings is 1. The second-order valence-electron chi connectivity index (χ2n) is 4.93. The Bertz CT molecular complexity index is 520. The topological polar surface area (TPSA) is 44.8 Å². The zero-order valence-electron chi connectivity index (χ0n) is 12.4. The Morgan fingerprint density at radius 2 is 1.70 bits per heavy atom. The number of ketones is 1. The molecule has 0 bridgehead atoms. The largest absolute Gasteiger partial charge is 0.493 e.